The Morgan fingerprint density at radius 2 is 1.74 bits per heavy atom. The normalized spacial score (nSPS) is 22.8. The highest BCUT2D eigenvalue weighted by atomic mass is 31.2. The van der Waals surface area contributed by atoms with Gasteiger partial charge in [-0.3, -0.25) is 0 Å². The highest BCUT2D eigenvalue weighted by Crippen LogP contribution is 2.65. The molecule has 0 radical (unpaired) electrons. The number of fused-ring (bicyclic) bond motifs is 2. The average Bonchev–Trinajstić information content (AvgIpc) is 2.51. The smallest absolute Gasteiger partial charge is 0.162 e. The molecule has 0 aromatic heterocycles. The van der Waals surface area contributed by atoms with Crippen LogP contribution in [-0.2, 0) is 9.98 Å². The summed E-state index contributed by atoms with van der Waals surface area (Å²) in [6.07, 6.45) is 1.86. The number of benzene rings is 2. The Balaban J connectivity index is 2.52. The summed E-state index contributed by atoms with van der Waals surface area (Å²) in [5, 5.41) is 4.90. The summed E-state index contributed by atoms with van der Waals surface area (Å²) in [7, 11) is -2.81. The third kappa shape index (κ3) is 2.03. The van der Waals surface area contributed by atoms with Gasteiger partial charge in [0.1, 0.15) is 0 Å². The summed E-state index contributed by atoms with van der Waals surface area (Å²) in [4.78, 5) is 0. The largest absolute Gasteiger partial charge is 0.309 e. The van der Waals surface area contributed by atoms with Crippen molar-refractivity contribution in [1.82, 2.24) is 0 Å². The molecule has 23 heavy (non-hydrogen) atoms. The molecule has 0 fully saturated rings. The molecule has 3 rings (SSSR count). The average molecular weight is 322 g/mol. The van der Waals surface area contributed by atoms with E-state index in [1.54, 1.807) is 0 Å². The fourth-order valence-electron chi connectivity index (χ4n) is 3.83. The number of hydrogen-bond acceptors (Lipinski definition) is 1. The maximum Gasteiger partial charge on any atom is 0.162 e. The molecule has 118 valence electrons. The van der Waals surface area contributed by atoms with Gasteiger partial charge in [-0.15, -0.1) is 0 Å². The Kier molecular flexibility index (Phi) is 3.54. The van der Waals surface area contributed by atoms with Crippen molar-refractivity contribution >= 4 is 23.2 Å². The molecule has 0 saturated heterocycles. The van der Waals surface area contributed by atoms with Crippen molar-refractivity contribution in [2.45, 2.75) is 33.1 Å². The van der Waals surface area contributed by atoms with Crippen LogP contribution in [-0.4, -0.2) is 0 Å². The predicted octanol–water partition coefficient (Wildman–Crippen LogP) is 6.11. The molecule has 1 atom stereocenters. The van der Waals surface area contributed by atoms with Crippen molar-refractivity contribution in [3.05, 3.63) is 77.4 Å². The van der Waals surface area contributed by atoms with E-state index < -0.39 is 7.14 Å². The fourth-order valence-corrected chi connectivity index (χ4v) is 6.89. The Morgan fingerprint density at radius 1 is 1.17 bits per heavy atom. The second-order valence-corrected chi connectivity index (χ2v) is 10.0. The van der Waals surface area contributed by atoms with Crippen LogP contribution in [0.15, 0.2) is 71.8 Å². The molecule has 1 aliphatic heterocycles. The van der Waals surface area contributed by atoms with Gasteiger partial charge in [0, 0.05) is 10.7 Å². The molecule has 1 unspecified atom stereocenters. The molecular weight excluding hydrogens is 299 g/mol. The summed E-state index contributed by atoms with van der Waals surface area (Å²) in [5.74, 6) is 0. The minimum absolute atomic E-state index is 0.214. The van der Waals surface area contributed by atoms with Crippen LogP contribution in [0.3, 0.4) is 0 Å². The van der Waals surface area contributed by atoms with Crippen LogP contribution < -0.4 is 5.30 Å². The molecule has 0 amide bonds. The van der Waals surface area contributed by atoms with Gasteiger partial charge in [-0.25, -0.2) is 0 Å². The summed E-state index contributed by atoms with van der Waals surface area (Å²) in [6, 6.07) is 12.5. The van der Waals surface area contributed by atoms with Crippen LogP contribution in [0, 0.1) is 0 Å². The quantitative estimate of drug-likeness (QED) is 0.609. The molecule has 0 aliphatic carbocycles. The molecule has 2 aromatic carbocycles. The predicted molar refractivity (Wildman–Crippen MR) is 102 cm³/mol. The molecule has 1 aliphatic rings. The highest BCUT2D eigenvalue weighted by Gasteiger charge is 2.43. The van der Waals surface area contributed by atoms with Gasteiger partial charge in [0.05, 0.1) is 0 Å². The second-order valence-electron chi connectivity index (χ2n) is 6.89. The molecule has 0 spiro atoms. The lowest BCUT2D eigenvalue weighted by Crippen LogP contribution is -2.33. The number of rotatable bonds is 2. The van der Waals surface area contributed by atoms with Crippen molar-refractivity contribution in [3.8, 4) is 0 Å². The highest BCUT2D eigenvalue weighted by molar-refractivity contribution is 7.79. The van der Waals surface area contributed by atoms with Crippen molar-refractivity contribution in [1.29, 1.82) is 0 Å². The van der Waals surface area contributed by atoms with Crippen molar-refractivity contribution in [2.75, 3.05) is 0 Å². The monoisotopic (exact) mass is 322 g/mol. The van der Waals surface area contributed by atoms with Gasteiger partial charge in [-0.05, 0) is 58.5 Å². The maximum absolute atomic E-state index is 14.0. The van der Waals surface area contributed by atoms with E-state index in [4.69, 9.17) is 0 Å². The Bertz CT molecular complexity index is 928. The summed E-state index contributed by atoms with van der Waals surface area (Å²) in [5.41, 5.74) is 1.98. The van der Waals surface area contributed by atoms with Gasteiger partial charge in [-0.1, -0.05) is 57.3 Å². The molecular formula is C21H23OP. The van der Waals surface area contributed by atoms with E-state index in [1.165, 1.54) is 5.39 Å². The van der Waals surface area contributed by atoms with Crippen LogP contribution in [0.25, 0.3) is 10.8 Å². The number of hydrogen-bond donors (Lipinski definition) is 0. The fraction of sp³-hybridized carbons (Fsp3) is 0.238. The summed E-state index contributed by atoms with van der Waals surface area (Å²) < 4.78 is 14.0. The van der Waals surface area contributed by atoms with Crippen LogP contribution in [0.1, 0.15) is 33.3 Å². The standard InChI is InChI=1S/C21H23OP/c1-7-18-15(4)23(22,14(2)3)20-13-17-11-9-8-10-16(17)12-19(20)21(18,5)6/h7-13H,1-2H2,3-6H3. The maximum atomic E-state index is 14.0. The zero-order valence-corrected chi connectivity index (χ0v) is 15.2. The Hall–Kier alpha value is -1.85. The zero-order chi connectivity index (χ0) is 17.0. The minimum atomic E-state index is -2.81. The second kappa shape index (κ2) is 5.08. The van der Waals surface area contributed by atoms with Crippen LogP contribution in [0.2, 0.25) is 0 Å². The first-order chi connectivity index (χ1) is 10.7. The molecule has 1 heterocycles. The van der Waals surface area contributed by atoms with E-state index >= 15 is 0 Å². The lowest BCUT2D eigenvalue weighted by Gasteiger charge is -2.40. The van der Waals surface area contributed by atoms with Crippen molar-refractivity contribution in [2.24, 2.45) is 0 Å². The van der Waals surface area contributed by atoms with E-state index in [9.17, 15) is 4.57 Å². The van der Waals surface area contributed by atoms with Crippen LogP contribution in [0.5, 0.6) is 0 Å². The third-order valence-corrected chi connectivity index (χ3v) is 8.46. The number of allylic oxidation sites excluding steroid dienone is 4. The van der Waals surface area contributed by atoms with Gasteiger partial charge in [0.15, 0.2) is 7.14 Å². The molecule has 2 aromatic rings. The van der Waals surface area contributed by atoms with E-state index in [-0.39, 0.29) is 5.41 Å². The van der Waals surface area contributed by atoms with E-state index in [2.05, 4.69) is 51.3 Å². The van der Waals surface area contributed by atoms with Gasteiger partial charge < -0.3 is 4.57 Å². The van der Waals surface area contributed by atoms with Crippen molar-refractivity contribution < 1.29 is 4.57 Å². The lowest BCUT2D eigenvalue weighted by molar-refractivity contribution is 0.580. The topological polar surface area (TPSA) is 17.1 Å². The van der Waals surface area contributed by atoms with E-state index in [1.807, 2.05) is 32.1 Å². The SMILES string of the molecule is C=CC1=C(C)P(=O)(C(=C)C)c2cc3ccccc3cc2C1(C)C. The first-order valence-electron chi connectivity index (χ1n) is 7.89. The summed E-state index contributed by atoms with van der Waals surface area (Å²) in [6.45, 7) is 16.3. The van der Waals surface area contributed by atoms with E-state index in [0.717, 1.165) is 32.5 Å². The van der Waals surface area contributed by atoms with Crippen LogP contribution >= 0.6 is 7.14 Å². The first kappa shape index (κ1) is 16.0. The minimum Gasteiger partial charge on any atom is -0.309 e. The third-order valence-electron chi connectivity index (χ3n) is 5.15. The van der Waals surface area contributed by atoms with Crippen molar-refractivity contribution in [3.63, 3.8) is 0 Å². The van der Waals surface area contributed by atoms with Gasteiger partial charge in [0.2, 0.25) is 0 Å². The molecule has 0 bridgehead atoms. The first-order valence-corrected chi connectivity index (χ1v) is 9.59. The summed E-state index contributed by atoms with van der Waals surface area (Å²) >= 11 is 0. The molecule has 0 N–H and O–H groups in total. The van der Waals surface area contributed by atoms with E-state index in [0.29, 0.717) is 0 Å². The molecule has 2 heteroatoms. The van der Waals surface area contributed by atoms with Gasteiger partial charge in [-0.2, -0.15) is 0 Å². The van der Waals surface area contributed by atoms with Gasteiger partial charge >= 0.3 is 0 Å². The lowest BCUT2D eigenvalue weighted by atomic mass is 9.76. The van der Waals surface area contributed by atoms with Crippen LogP contribution in [0.4, 0.5) is 0 Å². The molecule has 0 saturated carbocycles. The Morgan fingerprint density at radius 3 is 2.26 bits per heavy atom. The zero-order valence-electron chi connectivity index (χ0n) is 14.3. The Labute approximate surface area is 138 Å². The molecule has 1 nitrogen and oxygen atoms in total. The van der Waals surface area contributed by atoms with Gasteiger partial charge in [0.25, 0.3) is 0 Å².